The van der Waals surface area contributed by atoms with Crippen LogP contribution in [-0.4, -0.2) is 20.7 Å². The number of hydrogen-bond donors (Lipinski definition) is 2. The van der Waals surface area contributed by atoms with Gasteiger partial charge in [-0.25, -0.2) is 13.1 Å². The normalized spacial score (nSPS) is 11.5. The van der Waals surface area contributed by atoms with Gasteiger partial charge in [0.2, 0.25) is 10.0 Å². The highest BCUT2D eigenvalue weighted by atomic mass is 79.9. The maximum absolute atomic E-state index is 12.1. The Balaban J connectivity index is 1.91. The number of thioether (sulfide) groups is 1. The first-order valence-electron chi connectivity index (χ1n) is 6.21. The molecule has 2 aromatic carbocycles. The summed E-state index contributed by atoms with van der Waals surface area (Å²) in [5, 5.41) is 0. The summed E-state index contributed by atoms with van der Waals surface area (Å²) in [5.41, 5.74) is 6.16. The number of nitrogen functional groups attached to an aromatic ring is 1. The van der Waals surface area contributed by atoms with Gasteiger partial charge in [-0.2, -0.15) is 0 Å². The first kappa shape index (κ1) is 16.4. The van der Waals surface area contributed by atoms with Crippen LogP contribution >= 0.6 is 27.7 Å². The van der Waals surface area contributed by atoms with Gasteiger partial charge in [0.1, 0.15) is 0 Å². The van der Waals surface area contributed by atoms with Crippen LogP contribution in [0, 0.1) is 0 Å². The van der Waals surface area contributed by atoms with Crippen LogP contribution in [0.15, 0.2) is 62.8 Å². The molecular weight excluding hydrogens is 372 g/mol. The number of benzene rings is 2. The van der Waals surface area contributed by atoms with Crippen LogP contribution in [0.25, 0.3) is 0 Å². The molecule has 2 aromatic rings. The standard InChI is InChI=1S/C14H15BrN2O2S2/c15-13-10-12(6-7-14(13)16)21(18,19)17-8-9-20-11-4-2-1-3-5-11/h1-7,10,17H,8-9,16H2. The number of rotatable bonds is 6. The molecule has 7 heteroatoms. The Bertz CT molecular complexity index is 706. The summed E-state index contributed by atoms with van der Waals surface area (Å²) in [6.07, 6.45) is 0. The molecule has 0 aromatic heterocycles. The highest BCUT2D eigenvalue weighted by molar-refractivity contribution is 9.10. The van der Waals surface area contributed by atoms with Gasteiger partial charge >= 0.3 is 0 Å². The van der Waals surface area contributed by atoms with Crippen molar-refractivity contribution < 1.29 is 8.42 Å². The van der Waals surface area contributed by atoms with Crippen LogP contribution in [0.4, 0.5) is 5.69 Å². The fraction of sp³-hybridized carbons (Fsp3) is 0.143. The molecule has 0 spiro atoms. The van der Waals surface area contributed by atoms with Crippen molar-refractivity contribution in [1.29, 1.82) is 0 Å². The molecule has 21 heavy (non-hydrogen) atoms. The van der Waals surface area contributed by atoms with E-state index in [1.54, 1.807) is 17.8 Å². The van der Waals surface area contributed by atoms with Crippen LogP contribution in [0.1, 0.15) is 0 Å². The van der Waals surface area contributed by atoms with E-state index in [0.29, 0.717) is 22.5 Å². The average Bonchev–Trinajstić information content (AvgIpc) is 2.47. The van der Waals surface area contributed by atoms with E-state index in [2.05, 4.69) is 20.7 Å². The van der Waals surface area contributed by atoms with E-state index in [-0.39, 0.29) is 4.90 Å². The molecule has 4 nitrogen and oxygen atoms in total. The summed E-state index contributed by atoms with van der Waals surface area (Å²) in [7, 11) is -3.50. The van der Waals surface area contributed by atoms with Gasteiger partial charge in [0, 0.05) is 27.4 Å². The van der Waals surface area contributed by atoms with Gasteiger partial charge in [-0.1, -0.05) is 18.2 Å². The summed E-state index contributed by atoms with van der Waals surface area (Å²) < 4.78 is 27.4. The summed E-state index contributed by atoms with van der Waals surface area (Å²) in [4.78, 5) is 1.32. The van der Waals surface area contributed by atoms with Crippen LogP contribution < -0.4 is 10.5 Å². The molecule has 0 saturated carbocycles. The van der Waals surface area contributed by atoms with Crippen molar-refractivity contribution in [3.05, 3.63) is 53.0 Å². The molecule has 0 aliphatic carbocycles. The number of nitrogens with one attached hydrogen (secondary N) is 1. The van der Waals surface area contributed by atoms with Gasteiger partial charge in [-0.3, -0.25) is 0 Å². The Labute approximate surface area is 137 Å². The van der Waals surface area contributed by atoms with E-state index >= 15 is 0 Å². The molecule has 3 N–H and O–H groups in total. The molecule has 0 atom stereocenters. The smallest absolute Gasteiger partial charge is 0.240 e. The minimum absolute atomic E-state index is 0.202. The van der Waals surface area contributed by atoms with Gasteiger partial charge in [-0.05, 0) is 46.3 Å². The fourth-order valence-electron chi connectivity index (χ4n) is 1.62. The lowest BCUT2D eigenvalue weighted by Gasteiger charge is -2.08. The molecule has 0 radical (unpaired) electrons. The number of halogens is 1. The second-order valence-corrected chi connectivity index (χ2v) is 8.03. The summed E-state index contributed by atoms with van der Waals surface area (Å²) in [6.45, 7) is 0.365. The topological polar surface area (TPSA) is 72.2 Å². The highest BCUT2D eigenvalue weighted by Gasteiger charge is 2.14. The van der Waals surface area contributed by atoms with Gasteiger partial charge in [0.05, 0.1) is 4.90 Å². The van der Waals surface area contributed by atoms with Gasteiger partial charge in [0.15, 0.2) is 0 Å². The zero-order chi connectivity index (χ0) is 15.3. The maximum atomic E-state index is 12.1. The third kappa shape index (κ3) is 4.74. The van der Waals surface area contributed by atoms with Crippen molar-refractivity contribution >= 4 is 43.4 Å². The number of sulfonamides is 1. The van der Waals surface area contributed by atoms with E-state index < -0.39 is 10.0 Å². The highest BCUT2D eigenvalue weighted by Crippen LogP contribution is 2.23. The van der Waals surface area contributed by atoms with Crippen LogP contribution in [0.2, 0.25) is 0 Å². The van der Waals surface area contributed by atoms with Crippen molar-refractivity contribution in [2.24, 2.45) is 0 Å². The van der Waals surface area contributed by atoms with Crippen LogP contribution in [0.5, 0.6) is 0 Å². The predicted octanol–water partition coefficient (Wildman–Crippen LogP) is 3.10. The molecule has 0 amide bonds. The van der Waals surface area contributed by atoms with Crippen molar-refractivity contribution in [3.63, 3.8) is 0 Å². The zero-order valence-corrected chi connectivity index (χ0v) is 14.3. The van der Waals surface area contributed by atoms with E-state index in [9.17, 15) is 8.42 Å². The minimum Gasteiger partial charge on any atom is -0.398 e. The van der Waals surface area contributed by atoms with Gasteiger partial charge < -0.3 is 5.73 Å². The monoisotopic (exact) mass is 386 g/mol. The molecule has 0 bridgehead atoms. The van der Waals surface area contributed by atoms with E-state index in [0.717, 1.165) is 4.90 Å². The van der Waals surface area contributed by atoms with Crippen molar-refractivity contribution in [3.8, 4) is 0 Å². The van der Waals surface area contributed by atoms with Gasteiger partial charge in [-0.15, -0.1) is 11.8 Å². The Hall–Kier alpha value is -1.02. The number of hydrogen-bond acceptors (Lipinski definition) is 4. The van der Waals surface area contributed by atoms with E-state index in [4.69, 9.17) is 5.73 Å². The van der Waals surface area contributed by atoms with E-state index in [1.807, 2.05) is 30.3 Å². The molecule has 0 saturated heterocycles. The number of anilines is 1. The molecular formula is C14H15BrN2O2S2. The molecule has 0 aliphatic rings. The third-order valence-corrected chi connectivity index (χ3v) is 5.85. The molecule has 0 heterocycles. The summed E-state index contributed by atoms with van der Waals surface area (Å²) in [6, 6.07) is 14.4. The lowest BCUT2D eigenvalue weighted by molar-refractivity contribution is 0.584. The molecule has 2 rings (SSSR count). The SMILES string of the molecule is Nc1ccc(S(=O)(=O)NCCSc2ccccc2)cc1Br. The maximum Gasteiger partial charge on any atom is 0.240 e. The Kier molecular flexibility index (Phi) is 5.69. The predicted molar refractivity (Wildman–Crippen MR) is 90.9 cm³/mol. The summed E-state index contributed by atoms with van der Waals surface area (Å²) in [5.74, 6) is 0.666. The Morgan fingerprint density at radius 2 is 1.86 bits per heavy atom. The lowest BCUT2D eigenvalue weighted by atomic mass is 10.3. The first-order valence-corrected chi connectivity index (χ1v) is 9.48. The van der Waals surface area contributed by atoms with E-state index in [1.165, 1.54) is 12.1 Å². The quantitative estimate of drug-likeness (QED) is 0.454. The number of nitrogens with two attached hydrogens (primary N) is 1. The fourth-order valence-corrected chi connectivity index (χ4v) is 4.13. The average molecular weight is 387 g/mol. The lowest BCUT2D eigenvalue weighted by Crippen LogP contribution is -2.26. The van der Waals surface area contributed by atoms with Crippen LogP contribution in [0.3, 0.4) is 0 Å². The van der Waals surface area contributed by atoms with Crippen LogP contribution in [-0.2, 0) is 10.0 Å². The molecule has 0 unspecified atom stereocenters. The second-order valence-electron chi connectivity index (χ2n) is 4.24. The van der Waals surface area contributed by atoms with Crippen molar-refractivity contribution in [2.75, 3.05) is 18.0 Å². The van der Waals surface area contributed by atoms with Crippen molar-refractivity contribution in [1.82, 2.24) is 4.72 Å². The Morgan fingerprint density at radius 1 is 1.14 bits per heavy atom. The first-order chi connectivity index (χ1) is 9.99. The Morgan fingerprint density at radius 3 is 2.52 bits per heavy atom. The van der Waals surface area contributed by atoms with Crippen molar-refractivity contribution in [2.45, 2.75) is 9.79 Å². The molecule has 0 fully saturated rings. The second kappa shape index (κ2) is 7.31. The molecule has 112 valence electrons. The largest absolute Gasteiger partial charge is 0.398 e. The summed E-state index contributed by atoms with van der Waals surface area (Å²) >= 11 is 4.84. The molecule has 0 aliphatic heterocycles. The zero-order valence-electron chi connectivity index (χ0n) is 11.1. The van der Waals surface area contributed by atoms with Gasteiger partial charge in [0.25, 0.3) is 0 Å². The third-order valence-electron chi connectivity index (χ3n) is 2.69. The minimum atomic E-state index is -3.50.